The number of aromatic nitrogens is 2. The van der Waals surface area contributed by atoms with Crippen LogP contribution >= 0.6 is 0 Å². The number of carbonyl (C=O) groups is 2. The van der Waals surface area contributed by atoms with Crippen LogP contribution in [0.2, 0.25) is 0 Å². The summed E-state index contributed by atoms with van der Waals surface area (Å²) >= 11 is 0. The fourth-order valence-electron chi connectivity index (χ4n) is 2.84. The average molecular weight is 424 g/mol. The minimum absolute atomic E-state index is 0.124. The Hall–Kier alpha value is -3.88. The smallest absolute Gasteiger partial charge is 0.253 e. The minimum atomic E-state index is -0.267. The molecule has 0 aliphatic rings. The molecule has 1 N–H and O–H groups in total. The van der Waals surface area contributed by atoms with Crippen molar-refractivity contribution in [3.8, 4) is 22.9 Å². The predicted octanol–water partition coefficient (Wildman–Crippen LogP) is 3.03. The van der Waals surface area contributed by atoms with Crippen molar-refractivity contribution in [2.24, 2.45) is 0 Å². The second kappa shape index (κ2) is 9.75. The van der Waals surface area contributed by atoms with E-state index in [9.17, 15) is 9.59 Å². The molecule has 9 nitrogen and oxygen atoms in total. The monoisotopic (exact) mass is 424 g/mol. The maximum absolute atomic E-state index is 12.5. The van der Waals surface area contributed by atoms with Crippen LogP contribution in [0, 0.1) is 0 Å². The zero-order chi connectivity index (χ0) is 22.4. The normalized spacial score (nSPS) is 10.5. The van der Waals surface area contributed by atoms with Gasteiger partial charge in [-0.15, -0.1) is 0 Å². The first-order valence-corrected chi connectivity index (χ1v) is 9.58. The molecule has 0 bridgehead atoms. The largest absolute Gasteiger partial charge is 0.497 e. The van der Waals surface area contributed by atoms with Crippen LogP contribution in [-0.2, 0) is 11.2 Å². The molecule has 0 saturated carbocycles. The molecule has 2 aromatic carbocycles. The predicted molar refractivity (Wildman–Crippen MR) is 114 cm³/mol. The molecule has 0 radical (unpaired) electrons. The molecule has 0 fully saturated rings. The van der Waals surface area contributed by atoms with E-state index in [0.29, 0.717) is 28.7 Å². The molecule has 9 heteroatoms. The Morgan fingerprint density at radius 2 is 1.81 bits per heavy atom. The van der Waals surface area contributed by atoms with Crippen LogP contribution < -0.4 is 14.8 Å². The molecule has 1 heterocycles. The number of amides is 2. The van der Waals surface area contributed by atoms with Crippen molar-refractivity contribution in [3.63, 3.8) is 0 Å². The Morgan fingerprint density at radius 3 is 2.45 bits per heavy atom. The third-order valence-corrected chi connectivity index (χ3v) is 4.51. The van der Waals surface area contributed by atoms with Crippen LogP contribution in [0.1, 0.15) is 22.7 Å². The highest BCUT2D eigenvalue weighted by Crippen LogP contribution is 2.26. The minimum Gasteiger partial charge on any atom is -0.497 e. The number of ether oxygens (including phenoxy) is 2. The van der Waals surface area contributed by atoms with Crippen molar-refractivity contribution in [3.05, 3.63) is 53.9 Å². The van der Waals surface area contributed by atoms with Gasteiger partial charge in [0, 0.05) is 38.1 Å². The highest BCUT2D eigenvalue weighted by atomic mass is 16.5. The number of aryl methyl sites for hydroxylation is 1. The molecule has 1 aromatic heterocycles. The number of benzene rings is 2. The Labute approximate surface area is 180 Å². The number of anilines is 1. The molecule has 0 spiro atoms. The van der Waals surface area contributed by atoms with Crippen LogP contribution in [0.3, 0.4) is 0 Å². The van der Waals surface area contributed by atoms with E-state index in [1.807, 2.05) is 12.1 Å². The first-order valence-electron chi connectivity index (χ1n) is 9.58. The Bertz CT molecular complexity index is 1060. The number of rotatable bonds is 8. The molecule has 0 aliphatic carbocycles. The van der Waals surface area contributed by atoms with Gasteiger partial charge in [0.05, 0.1) is 19.9 Å². The molecule has 0 unspecified atom stereocenters. The van der Waals surface area contributed by atoms with Crippen LogP contribution in [0.15, 0.2) is 47.0 Å². The van der Waals surface area contributed by atoms with Gasteiger partial charge in [-0.25, -0.2) is 0 Å². The summed E-state index contributed by atoms with van der Waals surface area (Å²) < 4.78 is 15.7. The lowest BCUT2D eigenvalue weighted by atomic mass is 10.1. The van der Waals surface area contributed by atoms with Crippen molar-refractivity contribution >= 4 is 17.5 Å². The lowest BCUT2D eigenvalue weighted by Crippen LogP contribution is -2.22. The quantitative estimate of drug-likeness (QED) is 0.592. The molecule has 3 rings (SSSR count). The Balaban J connectivity index is 1.63. The van der Waals surface area contributed by atoms with Crippen LogP contribution in [-0.4, -0.2) is 55.2 Å². The topological polar surface area (TPSA) is 107 Å². The summed E-state index contributed by atoms with van der Waals surface area (Å²) in [6.45, 7) is 0. The van der Waals surface area contributed by atoms with E-state index in [1.165, 1.54) is 12.0 Å². The van der Waals surface area contributed by atoms with E-state index < -0.39 is 0 Å². The Kier molecular flexibility index (Phi) is 6.86. The third-order valence-electron chi connectivity index (χ3n) is 4.51. The second-order valence-electron chi connectivity index (χ2n) is 6.90. The summed E-state index contributed by atoms with van der Waals surface area (Å²) in [4.78, 5) is 30.4. The van der Waals surface area contributed by atoms with E-state index >= 15 is 0 Å². The molecule has 162 valence electrons. The zero-order valence-corrected chi connectivity index (χ0v) is 17.8. The maximum Gasteiger partial charge on any atom is 0.253 e. The summed E-state index contributed by atoms with van der Waals surface area (Å²) in [7, 11) is 6.42. The van der Waals surface area contributed by atoms with Crippen molar-refractivity contribution in [2.75, 3.05) is 33.6 Å². The van der Waals surface area contributed by atoms with Gasteiger partial charge >= 0.3 is 0 Å². The SMILES string of the molecule is COc1ccc(-c2noc(CCC(=O)Nc3cc(C(=O)N(C)C)ccc3OC)n2)cc1. The fourth-order valence-corrected chi connectivity index (χ4v) is 2.84. The molecule has 0 atom stereocenters. The van der Waals surface area contributed by atoms with E-state index in [1.54, 1.807) is 51.5 Å². The van der Waals surface area contributed by atoms with Gasteiger partial charge in [-0.1, -0.05) is 5.16 Å². The maximum atomic E-state index is 12.5. The lowest BCUT2D eigenvalue weighted by molar-refractivity contribution is -0.116. The van der Waals surface area contributed by atoms with Crippen LogP contribution in [0.25, 0.3) is 11.4 Å². The van der Waals surface area contributed by atoms with Gasteiger partial charge in [-0.3, -0.25) is 9.59 Å². The number of methoxy groups -OCH3 is 2. The highest BCUT2D eigenvalue weighted by Gasteiger charge is 2.15. The number of hydrogen-bond acceptors (Lipinski definition) is 7. The molecular weight excluding hydrogens is 400 g/mol. The zero-order valence-electron chi connectivity index (χ0n) is 17.8. The van der Waals surface area contributed by atoms with Gasteiger partial charge < -0.3 is 24.2 Å². The van der Waals surface area contributed by atoms with E-state index in [0.717, 1.165) is 11.3 Å². The summed E-state index contributed by atoms with van der Waals surface area (Å²) in [5, 5.41) is 6.74. The summed E-state index contributed by atoms with van der Waals surface area (Å²) in [6.07, 6.45) is 0.396. The van der Waals surface area contributed by atoms with Crippen LogP contribution in [0.5, 0.6) is 11.5 Å². The van der Waals surface area contributed by atoms with Gasteiger partial charge in [-0.2, -0.15) is 4.98 Å². The molecule has 3 aromatic rings. The first-order chi connectivity index (χ1) is 14.9. The summed E-state index contributed by atoms with van der Waals surface area (Å²) in [5.74, 6) is 1.55. The van der Waals surface area contributed by atoms with E-state index in [4.69, 9.17) is 14.0 Å². The van der Waals surface area contributed by atoms with E-state index in [-0.39, 0.29) is 24.7 Å². The van der Waals surface area contributed by atoms with Crippen molar-refractivity contribution < 1.29 is 23.6 Å². The number of carbonyl (C=O) groups excluding carboxylic acids is 2. The van der Waals surface area contributed by atoms with Gasteiger partial charge in [0.1, 0.15) is 11.5 Å². The van der Waals surface area contributed by atoms with Gasteiger partial charge in [0.2, 0.25) is 17.6 Å². The highest BCUT2D eigenvalue weighted by molar-refractivity contribution is 5.98. The number of nitrogens with zero attached hydrogens (tertiary/aromatic N) is 3. The number of nitrogens with one attached hydrogen (secondary N) is 1. The Morgan fingerprint density at radius 1 is 1.06 bits per heavy atom. The molecule has 0 saturated heterocycles. The molecule has 31 heavy (non-hydrogen) atoms. The van der Waals surface area contributed by atoms with Crippen LogP contribution in [0.4, 0.5) is 5.69 Å². The van der Waals surface area contributed by atoms with Gasteiger partial charge in [-0.05, 0) is 42.5 Å². The van der Waals surface area contributed by atoms with Crippen molar-refractivity contribution in [1.82, 2.24) is 15.0 Å². The summed E-state index contributed by atoms with van der Waals surface area (Å²) in [6, 6.07) is 12.2. The first kappa shape index (κ1) is 21.8. The standard InChI is InChI=1S/C22H24N4O5/c1-26(2)22(28)15-7-10-18(30-4)17(13-15)23-19(27)11-12-20-24-21(25-31-20)14-5-8-16(29-3)9-6-14/h5-10,13H,11-12H2,1-4H3,(H,23,27). The fraction of sp³-hybridized carbons (Fsp3) is 0.273. The average Bonchev–Trinajstić information content (AvgIpc) is 3.26. The third kappa shape index (κ3) is 5.39. The van der Waals surface area contributed by atoms with E-state index in [2.05, 4.69) is 15.5 Å². The summed E-state index contributed by atoms with van der Waals surface area (Å²) in [5.41, 5.74) is 1.65. The second-order valence-corrected chi connectivity index (χ2v) is 6.90. The number of hydrogen-bond donors (Lipinski definition) is 1. The van der Waals surface area contributed by atoms with Crippen molar-refractivity contribution in [1.29, 1.82) is 0 Å². The van der Waals surface area contributed by atoms with Gasteiger partial charge in [0.25, 0.3) is 5.91 Å². The molecule has 2 amide bonds. The molecule has 0 aliphatic heterocycles. The lowest BCUT2D eigenvalue weighted by Gasteiger charge is -2.14. The molecular formula is C22H24N4O5. The van der Waals surface area contributed by atoms with Gasteiger partial charge in [0.15, 0.2) is 0 Å². The van der Waals surface area contributed by atoms with Crippen molar-refractivity contribution in [2.45, 2.75) is 12.8 Å².